The third kappa shape index (κ3) is 3.28. The molecule has 1 heterocycles. The van der Waals surface area contributed by atoms with E-state index in [-0.39, 0.29) is 23.3 Å². The number of ether oxygens (including phenoxy) is 1. The van der Waals surface area contributed by atoms with Crippen LogP contribution in [-0.2, 0) is 20.3 Å². The molecule has 1 fully saturated rings. The third-order valence-corrected chi connectivity index (χ3v) is 5.54. The van der Waals surface area contributed by atoms with Crippen molar-refractivity contribution in [1.29, 1.82) is 0 Å². The first kappa shape index (κ1) is 14.6. The Labute approximate surface area is 106 Å². The molecule has 1 saturated heterocycles. The number of hydrogen-bond acceptors (Lipinski definition) is 3. The zero-order valence-electron chi connectivity index (χ0n) is 11.3. The van der Waals surface area contributed by atoms with Crippen LogP contribution in [-0.4, -0.2) is 51.3 Å². The Morgan fingerprint density at radius 3 is 2.41 bits per heavy atom. The lowest BCUT2D eigenvalue weighted by atomic mass is 10.2. The number of carbonyl (C=O) groups excluding carboxylic acids is 1. The molecular weight excluding hydrogens is 238 g/mol. The smallest absolute Gasteiger partial charge is 0.238 e. The van der Waals surface area contributed by atoms with E-state index in [1.165, 1.54) is 0 Å². The second-order valence-corrected chi connectivity index (χ2v) is 6.89. The van der Waals surface area contributed by atoms with Crippen molar-refractivity contribution >= 4 is 16.7 Å². The Morgan fingerprint density at radius 1 is 1.41 bits per heavy atom. The van der Waals surface area contributed by atoms with Gasteiger partial charge in [-0.15, -0.1) is 0 Å². The molecule has 100 valence electrons. The maximum absolute atomic E-state index is 12.3. The van der Waals surface area contributed by atoms with E-state index in [4.69, 9.17) is 4.74 Å². The van der Waals surface area contributed by atoms with Gasteiger partial charge in [-0.05, 0) is 34.1 Å². The summed E-state index contributed by atoms with van der Waals surface area (Å²) in [6, 6.07) is 0.138. The average molecular weight is 261 g/mol. The van der Waals surface area contributed by atoms with Gasteiger partial charge in [0.1, 0.15) is 5.25 Å². The first-order valence-corrected chi connectivity index (χ1v) is 7.41. The molecule has 1 aliphatic heterocycles. The van der Waals surface area contributed by atoms with Gasteiger partial charge in [0.2, 0.25) is 5.91 Å². The molecule has 1 amide bonds. The van der Waals surface area contributed by atoms with E-state index < -0.39 is 16.0 Å². The molecule has 17 heavy (non-hydrogen) atoms. The normalized spacial score (nSPS) is 28.1. The summed E-state index contributed by atoms with van der Waals surface area (Å²) < 4.78 is 17.7. The van der Waals surface area contributed by atoms with Crippen LogP contribution in [0.3, 0.4) is 0 Å². The van der Waals surface area contributed by atoms with Crippen LogP contribution in [0, 0.1) is 0 Å². The van der Waals surface area contributed by atoms with Crippen molar-refractivity contribution in [2.75, 3.05) is 13.7 Å². The van der Waals surface area contributed by atoms with Crippen molar-refractivity contribution in [1.82, 2.24) is 4.90 Å². The lowest BCUT2D eigenvalue weighted by molar-refractivity contribution is -0.130. The van der Waals surface area contributed by atoms with Crippen molar-refractivity contribution in [2.45, 2.75) is 56.8 Å². The van der Waals surface area contributed by atoms with Crippen LogP contribution in [0.15, 0.2) is 0 Å². The third-order valence-electron chi connectivity index (χ3n) is 3.42. The first-order chi connectivity index (χ1) is 7.86. The Balaban J connectivity index is 2.66. The van der Waals surface area contributed by atoms with Crippen LogP contribution in [0.25, 0.3) is 0 Å². The van der Waals surface area contributed by atoms with E-state index in [0.717, 1.165) is 6.42 Å². The van der Waals surface area contributed by atoms with Crippen LogP contribution in [0.1, 0.15) is 34.1 Å². The minimum atomic E-state index is -1.15. The van der Waals surface area contributed by atoms with Gasteiger partial charge in [0.05, 0.1) is 11.4 Å². The largest absolute Gasteiger partial charge is 0.377 e. The fourth-order valence-electron chi connectivity index (χ4n) is 1.92. The Kier molecular flexibility index (Phi) is 5.13. The van der Waals surface area contributed by atoms with Crippen molar-refractivity contribution < 1.29 is 13.7 Å². The molecule has 0 radical (unpaired) electrons. The van der Waals surface area contributed by atoms with Gasteiger partial charge in [0.25, 0.3) is 0 Å². The topological polar surface area (TPSA) is 46.6 Å². The van der Waals surface area contributed by atoms with E-state index in [0.29, 0.717) is 6.61 Å². The maximum Gasteiger partial charge on any atom is 0.238 e. The lowest BCUT2D eigenvalue weighted by Gasteiger charge is -2.26. The Bertz CT molecular complexity index is 306. The molecule has 4 unspecified atom stereocenters. The molecule has 0 N–H and O–H groups in total. The number of nitrogens with zero attached hydrogens (tertiary/aromatic N) is 1. The summed E-state index contributed by atoms with van der Waals surface area (Å²) in [5.74, 6) is -0.0440. The number of amides is 1. The molecule has 0 bridgehead atoms. The van der Waals surface area contributed by atoms with Gasteiger partial charge >= 0.3 is 0 Å². The highest BCUT2D eigenvalue weighted by molar-refractivity contribution is 7.87. The minimum absolute atomic E-state index is 0.00422. The molecule has 0 aromatic carbocycles. The predicted octanol–water partition coefficient (Wildman–Crippen LogP) is 1.17. The summed E-state index contributed by atoms with van der Waals surface area (Å²) in [7, 11) is 0.606. The van der Waals surface area contributed by atoms with Gasteiger partial charge in [-0.2, -0.15) is 0 Å². The van der Waals surface area contributed by atoms with Crippen LogP contribution in [0.5, 0.6) is 0 Å². The zero-order valence-corrected chi connectivity index (χ0v) is 12.1. The average Bonchev–Trinajstić information content (AvgIpc) is 2.71. The fraction of sp³-hybridized carbons (Fsp3) is 0.917. The summed E-state index contributed by atoms with van der Waals surface area (Å²) in [5, 5.41) is -0.453. The summed E-state index contributed by atoms with van der Waals surface area (Å²) >= 11 is 0. The second kappa shape index (κ2) is 5.96. The van der Waals surface area contributed by atoms with Crippen molar-refractivity contribution in [3.05, 3.63) is 0 Å². The summed E-state index contributed by atoms with van der Waals surface area (Å²) in [6.07, 6.45) is 0.784. The second-order valence-electron chi connectivity index (χ2n) is 4.92. The van der Waals surface area contributed by atoms with E-state index in [1.807, 2.05) is 20.8 Å². The van der Waals surface area contributed by atoms with Crippen molar-refractivity contribution in [3.63, 3.8) is 0 Å². The number of carbonyl (C=O) groups is 1. The minimum Gasteiger partial charge on any atom is -0.377 e. The highest BCUT2D eigenvalue weighted by Crippen LogP contribution is 2.22. The standard InChI is InChI=1S/C12H23NO3S/c1-8(2)13(5)12(14)10(4)17(15)11-6-7-16-9(11)3/h8-11H,6-7H2,1-5H3. The van der Waals surface area contributed by atoms with Gasteiger partial charge in [0.15, 0.2) is 0 Å². The lowest BCUT2D eigenvalue weighted by Crippen LogP contribution is -2.44. The van der Waals surface area contributed by atoms with E-state index in [2.05, 4.69) is 0 Å². The SMILES string of the molecule is CC1OCCC1S(=O)C(C)C(=O)N(C)C(C)C. The summed E-state index contributed by atoms with van der Waals surface area (Å²) in [6.45, 7) is 8.24. The molecule has 4 nitrogen and oxygen atoms in total. The Hall–Kier alpha value is -0.420. The maximum atomic E-state index is 12.3. The van der Waals surface area contributed by atoms with Crippen molar-refractivity contribution in [3.8, 4) is 0 Å². The molecule has 0 aliphatic carbocycles. The quantitative estimate of drug-likeness (QED) is 0.763. The number of hydrogen-bond donors (Lipinski definition) is 0. The van der Waals surface area contributed by atoms with Gasteiger partial charge in [-0.3, -0.25) is 9.00 Å². The summed E-state index contributed by atoms with van der Waals surface area (Å²) in [5.41, 5.74) is 0. The monoisotopic (exact) mass is 261 g/mol. The molecule has 5 heteroatoms. The van der Waals surface area contributed by atoms with E-state index in [1.54, 1.807) is 18.9 Å². The molecule has 0 aromatic heterocycles. The predicted molar refractivity (Wildman–Crippen MR) is 69.3 cm³/mol. The van der Waals surface area contributed by atoms with Crippen molar-refractivity contribution in [2.24, 2.45) is 0 Å². The molecule has 4 atom stereocenters. The van der Waals surface area contributed by atoms with Gasteiger partial charge in [-0.1, -0.05) is 0 Å². The van der Waals surface area contributed by atoms with Crippen LogP contribution in [0.4, 0.5) is 0 Å². The van der Waals surface area contributed by atoms with Crippen LogP contribution < -0.4 is 0 Å². The summed E-state index contributed by atoms with van der Waals surface area (Å²) in [4.78, 5) is 13.7. The molecule has 0 aromatic rings. The van der Waals surface area contributed by atoms with Crippen LogP contribution >= 0.6 is 0 Å². The van der Waals surface area contributed by atoms with Gasteiger partial charge in [0, 0.05) is 30.5 Å². The highest BCUT2D eigenvalue weighted by atomic mass is 32.2. The van der Waals surface area contributed by atoms with E-state index in [9.17, 15) is 9.00 Å². The fourth-order valence-corrected chi connectivity index (χ4v) is 3.59. The molecule has 0 saturated carbocycles. The molecular formula is C12H23NO3S. The molecule has 1 rings (SSSR count). The first-order valence-electron chi connectivity index (χ1n) is 6.14. The number of rotatable bonds is 4. The van der Waals surface area contributed by atoms with E-state index >= 15 is 0 Å². The zero-order chi connectivity index (χ0) is 13.2. The molecule has 1 aliphatic rings. The van der Waals surface area contributed by atoms with Gasteiger partial charge in [-0.25, -0.2) is 0 Å². The van der Waals surface area contributed by atoms with Crippen LogP contribution in [0.2, 0.25) is 0 Å². The molecule has 0 spiro atoms. The van der Waals surface area contributed by atoms with Gasteiger partial charge < -0.3 is 9.64 Å². The highest BCUT2D eigenvalue weighted by Gasteiger charge is 2.35. The Morgan fingerprint density at radius 2 is 2.00 bits per heavy atom.